The van der Waals surface area contributed by atoms with E-state index < -0.39 is 0 Å². The molecule has 1 unspecified atom stereocenters. The van der Waals surface area contributed by atoms with Crippen molar-refractivity contribution < 1.29 is 4.74 Å². The van der Waals surface area contributed by atoms with Crippen molar-refractivity contribution in [3.63, 3.8) is 0 Å². The second-order valence-electron chi connectivity index (χ2n) is 3.78. The van der Waals surface area contributed by atoms with Crippen molar-refractivity contribution in [1.82, 2.24) is 9.97 Å². The fraction of sp³-hybridized carbons (Fsp3) is 0.636. The summed E-state index contributed by atoms with van der Waals surface area (Å²) in [5, 5.41) is 0.614. The highest BCUT2D eigenvalue weighted by atomic mass is 35.5. The molecule has 1 aromatic heterocycles. The summed E-state index contributed by atoms with van der Waals surface area (Å²) in [5.74, 6) is 0.727. The van der Waals surface area contributed by atoms with Crippen LogP contribution in [0.2, 0.25) is 5.15 Å². The molecule has 1 heterocycles. The van der Waals surface area contributed by atoms with Gasteiger partial charge in [0.1, 0.15) is 11.3 Å². The van der Waals surface area contributed by atoms with Crippen molar-refractivity contribution in [2.45, 2.75) is 38.7 Å². The highest BCUT2D eigenvalue weighted by Gasteiger charge is 2.21. The number of halogens is 1. The molecule has 3 nitrogen and oxygen atoms in total. The number of rotatable bonds is 3. The van der Waals surface area contributed by atoms with Crippen LogP contribution >= 0.6 is 11.6 Å². The first-order valence-corrected chi connectivity index (χ1v) is 5.72. The number of methoxy groups -OCH3 is 1. The van der Waals surface area contributed by atoms with Gasteiger partial charge in [-0.2, -0.15) is 0 Å². The second-order valence-corrected chi connectivity index (χ2v) is 4.14. The average molecular weight is 227 g/mol. The summed E-state index contributed by atoms with van der Waals surface area (Å²) in [4.78, 5) is 8.85. The molecule has 1 aliphatic carbocycles. The van der Waals surface area contributed by atoms with E-state index in [-0.39, 0.29) is 6.10 Å². The van der Waals surface area contributed by atoms with Crippen LogP contribution in [0.15, 0.2) is 0 Å². The van der Waals surface area contributed by atoms with Gasteiger partial charge in [0.05, 0.1) is 0 Å². The van der Waals surface area contributed by atoms with Crippen molar-refractivity contribution in [1.29, 1.82) is 0 Å². The molecule has 1 atom stereocenters. The molecule has 0 spiro atoms. The number of aromatic nitrogens is 2. The molecule has 82 valence electrons. The van der Waals surface area contributed by atoms with E-state index in [4.69, 9.17) is 16.3 Å². The van der Waals surface area contributed by atoms with Crippen molar-refractivity contribution in [3.05, 3.63) is 22.2 Å². The summed E-state index contributed by atoms with van der Waals surface area (Å²) in [6, 6.07) is 0. The highest BCUT2D eigenvalue weighted by Crippen LogP contribution is 2.28. The first-order chi connectivity index (χ1) is 7.26. The van der Waals surface area contributed by atoms with E-state index in [2.05, 4.69) is 16.9 Å². The third-order valence-electron chi connectivity index (χ3n) is 2.84. The number of hydrogen-bond donors (Lipinski definition) is 0. The Morgan fingerprint density at radius 1 is 1.40 bits per heavy atom. The lowest BCUT2D eigenvalue weighted by Gasteiger charge is -2.13. The van der Waals surface area contributed by atoms with Crippen LogP contribution in [0.3, 0.4) is 0 Å². The summed E-state index contributed by atoms with van der Waals surface area (Å²) >= 11 is 6.13. The quantitative estimate of drug-likeness (QED) is 0.744. The Labute approximate surface area is 94.8 Å². The largest absolute Gasteiger partial charge is 0.373 e. The zero-order valence-corrected chi connectivity index (χ0v) is 9.84. The van der Waals surface area contributed by atoms with Gasteiger partial charge in [0.15, 0.2) is 5.82 Å². The van der Waals surface area contributed by atoms with Crippen LogP contribution in [0.5, 0.6) is 0 Å². The molecule has 4 heteroatoms. The predicted molar refractivity (Wildman–Crippen MR) is 59.1 cm³/mol. The number of ether oxygens (including phenoxy) is 1. The molecule has 15 heavy (non-hydrogen) atoms. The van der Waals surface area contributed by atoms with Gasteiger partial charge >= 0.3 is 0 Å². The van der Waals surface area contributed by atoms with E-state index in [9.17, 15) is 0 Å². The topological polar surface area (TPSA) is 35.0 Å². The lowest BCUT2D eigenvalue weighted by molar-refractivity contribution is 0.0924. The standard InChI is InChI=1S/C11H15ClN2O/c1-3-9(15-2)11-13-8-6-4-5-7(8)10(12)14-11/h9H,3-6H2,1-2H3. The van der Waals surface area contributed by atoms with Gasteiger partial charge in [0.25, 0.3) is 0 Å². The Morgan fingerprint density at radius 2 is 2.20 bits per heavy atom. The molecule has 0 fully saturated rings. The van der Waals surface area contributed by atoms with Crippen molar-refractivity contribution in [2.24, 2.45) is 0 Å². The molecule has 0 aromatic carbocycles. The molecule has 0 saturated carbocycles. The fourth-order valence-electron chi connectivity index (χ4n) is 2.00. The first-order valence-electron chi connectivity index (χ1n) is 5.34. The molecule has 1 aliphatic rings. The van der Waals surface area contributed by atoms with Crippen LogP contribution in [-0.2, 0) is 17.6 Å². The minimum Gasteiger partial charge on any atom is -0.373 e. The molecule has 0 N–H and O–H groups in total. The monoisotopic (exact) mass is 226 g/mol. The Balaban J connectivity index is 2.38. The molecule has 1 aromatic rings. The molecule has 0 saturated heterocycles. The van der Waals surface area contributed by atoms with Crippen molar-refractivity contribution in [3.8, 4) is 0 Å². The lowest BCUT2D eigenvalue weighted by atomic mass is 10.2. The van der Waals surface area contributed by atoms with Crippen LogP contribution in [-0.4, -0.2) is 17.1 Å². The van der Waals surface area contributed by atoms with E-state index in [0.717, 1.165) is 42.8 Å². The molecular formula is C11H15ClN2O. The minimum absolute atomic E-state index is 0.0339. The first kappa shape index (κ1) is 10.8. The molecular weight excluding hydrogens is 212 g/mol. The summed E-state index contributed by atoms with van der Waals surface area (Å²) in [5.41, 5.74) is 2.24. The third kappa shape index (κ3) is 1.99. The van der Waals surface area contributed by atoms with E-state index in [1.165, 1.54) is 0 Å². The second kappa shape index (κ2) is 4.45. The Bertz CT molecular complexity index is 364. The van der Waals surface area contributed by atoms with Crippen molar-refractivity contribution >= 4 is 11.6 Å². The third-order valence-corrected chi connectivity index (χ3v) is 3.16. The summed E-state index contributed by atoms with van der Waals surface area (Å²) in [6.45, 7) is 2.05. The van der Waals surface area contributed by atoms with Crippen LogP contribution in [0.4, 0.5) is 0 Å². The number of hydrogen-bond acceptors (Lipinski definition) is 3. The normalized spacial score (nSPS) is 16.5. The van der Waals surface area contributed by atoms with Gasteiger partial charge in [-0.3, -0.25) is 0 Å². The summed E-state index contributed by atoms with van der Waals surface area (Å²) in [7, 11) is 1.68. The number of fused-ring (bicyclic) bond motifs is 1. The summed E-state index contributed by atoms with van der Waals surface area (Å²) in [6.07, 6.45) is 4.00. The lowest BCUT2D eigenvalue weighted by Crippen LogP contribution is -2.08. The zero-order valence-electron chi connectivity index (χ0n) is 9.09. The maximum absolute atomic E-state index is 6.13. The molecule has 2 rings (SSSR count). The van der Waals surface area contributed by atoms with Crippen LogP contribution < -0.4 is 0 Å². The van der Waals surface area contributed by atoms with Gasteiger partial charge < -0.3 is 4.74 Å². The van der Waals surface area contributed by atoms with E-state index in [1.54, 1.807) is 7.11 Å². The van der Waals surface area contributed by atoms with Gasteiger partial charge in [0, 0.05) is 18.4 Å². The Morgan fingerprint density at radius 3 is 2.87 bits per heavy atom. The SMILES string of the molecule is CCC(OC)c1nc(Cl)c2c(n1)CCC2. The molecule has 0 radical (unpaired) electrons. The van der Waals surface area contributed by atoms with Gasteiger partial charge in [-0.1, -0.05) is 18.5 Å². The van der Waals surface area contributed by atoms with Crippen LogP contribution in [0.1, 0.15) is 43.0 Å². The molecule has 0 amide bonds. The molecule has 0 bridgehead atoms. The number of nitrogens with zero attached hydrogens (tertiary/aromatic N) is 2. The van der Waals surface area contributed by atoms with Gasteiger partial charge in [-0.05, 0) is 25.7 Å². The van der Waals surface area contributed by atoms with E-state index in [1.807, 2.05) is 0 Å². The fourth-order valence-corrected chi connectivity index (χ4v) is 2.29. The van der Waals surface area contributed by atoms with Gasteiger partial charge in [0.2, 0.25) is 0 Å². The maximum atomic E-state index is 6.13. The van der Waals surface area contributed by atoms with Crippen LogP contribution in [0.25, 0.3) is 0 Å². The highest BCUT2D eigenvalue weighted by molar-refractivity contribution is 6.30. The summed E-state index contributed by atoms with van der Waals surface area (Å²) < 4.78 is 5.32. The van der Waals surface area contributed by atoms with Crippen LogP contribution in [0, 0.1) is 0 Å². The Hall–Kier alpha value is -0.670. The van der Waals surface area contributed by atoms with Gasteiger partial charge in [-0.15, -0.1) is 0 Å². The van der Waals surface area contributed by atoms with Crippen molar-refractivity contribution in [2.75, 3.05) is 7.11 Å². The molecule has 0 aliphatic heterocycles. The zero-order chi connectivity index (χ0) is 10.8. The maximum Gasteiger partial charge on any atom is 0.159 e. The van der Waals surface area contributed by atoms with Gasteiger partial charge in [-0.25, -0.2) is 9.97 Å². The Kier molecular flexibility index (Phi) is 3.22. The average Bonchev–Trinajstić information content (AvgIpc) is 2.68. The number of aryl methyl sites for hydroxylation is 1. The minimum atomic E-state index is -0.0339. The van der Waals surface area contributed by atoms with E-state index in [0.29, 0.717) is 5.15 Å². The smallest absolute Gasteiger partial charge is 0.159 e. The van der Waals surface area contributed by atoms with E-state index >= 15 is 0 Å². The predicted octanol–water partition coefficient (Wildman–Crippen LogP) is 2.72.